The van der Waals surface area contributed by atoms with Gasteiger partial charge in [-0.05, 0) is 37.5 Å². The van der Waals surface area contributed by atoms with E-state index in [0.717, 1.165) is 6.42 Å². The fraction of sp³-hybridized carbons (Fsp3) is 0.444. The number of nitrogens with zero attached hydrogens (tertiary/aromatic N) is 2. The van der Waals surface area contributed by atoms with Gasteiger partial charge >= 0.3 is 6.18 Å². The van der Waals surface area contributed by atoms with Gasteiger partial charge in [0.1, 0.15) is 11.4 Å². The van der Waals surface area contributed by atoms with Crippen LogP contribution in [0.2, 0.25) is 0 Å². The van der Waals surface area contributed by atoms with E-state index < -0.39 is 27.4 Å². The zero-order valence-corrected chi connectivity index (χ0v) is 16.1. The van der Waals surface area contributed by atoms with Crippen LogP contribution in [0.3, 0.4) is 0 Å². The summed E-state index contributed by atoms with van der Waals surface area (Å²) in [5, 5.41) is 2.79. The minimum atomic E-state index is -4.64. The second kappa shape index (κ2) is 7.57. The predicted molar refractivity (Wildman–Crippen MR) is 100 cm³/mol. The number of sulfone groups is 1. The maximum Gasteiger partial charge on any atom is 0.421 e. The largest absolute Gasteiger partial charge is 0.421 e. The minimum Gasteiger partial charge on any atom is -0.383 e. The van der Waals surface area contributed by atoms with E-state index in [1.807, 2.05) is 0 Å². The van der Waals surface area contributed by atoms with Crippen LogP contribution >= 0.6 is 0 Å². The number of anilines is 3. The number of aromatic nitrogens is 2. The number of benzene rings is 1. The Bertz CT molecular complexity index is 973. The molecule has 1 aromatic heterocycles. The second-order valence-corrected chi connectivity index (χ2v) is 8.90. The Morgan fingerprint density at radius 1 is 1.25 bits per heavy atom. The summed E-state index contributed by atoms with van der Waals surface area (Å²) >= 11 is 0. The summed E-state index contributed by atoms with van der Waals surface area (Å²) in [5.74, 6) is -1.02. The molecule has 0 atom stereocenters. The third kappa shape index (κ3) is 4.21. The molecular weight excluding hydrogens is 393 g/mol. The molecule has 0 spiro atoms. The molecule has 6 nitrogen and oxygen atoms in total. The van der Waals surface area contributed by atoms with Crippen LogP contribution in [0.25, 0.3) is 0 Å². The van der Waals surface area contributed by atoms with Gasteiger partial charge < -0.3 is 11.1 Å². The lowest BCUT2D eigenvalue weighted by molar-refractivity contribution is -0.138. The molecule has 0 saturated heterocycles. The van der Waals surface area contributed by atoms with Gasteiger partial charge in [-0.2, -0.15) is 18.2 Å². The van der Waals surface area contributed by atoms with Crippen molar-refractivity contribution in [2.24, 2.45) is 0 Å². The number of hydrogen-bond donors (Lipinski definition) is 2. The first-order valence-electron chi connectivity index (χ1n) is 8.96. The van der Waals surface area contributed by atoms with Crippen LogP contribution in [-0.2, 0) is 16.0 Å². The van der Waals surface area contributed by atoms with E-state index in [-0.39, 0.29) is 28.2 Å². The summed E-state index contributed by atoms with van der Waals surface area (Å²) in [6.45, 7) is 1.76. The van der Waals surface area contributed by atoms with E-state index in [2.05, 4.69) is 15.3 Å². The first-order chi connectivity index (χ1) is 13.1. The van der Waals surface area contributed by atoms with Gasteiger partial charge in [-0.15, -0.1) is 0 Å². The average molecular weight is 414 g/mol. The molecule has 1 aromatic carbocycles. The van der Waals surface area contributed by atoms with Crippen molar-refractivity contribution < 1.29 is 21.6 Å². The van der Waals surface area contributed by atoms with Crippen LogP contribution in [0.5, 0.6) is 0 Å². The molecule has 152 valence electrons. The molecule has 0 radical (unpaired) electrons. The molecule has 1 aliphatic rings. The fourth-order valence-corrected chi connectivity index (χ4v) is 4.47. The van der Waals surface area contributed by atoms with Crippen LogP contribution in [0.15, 0.2) is 29.2 Å². The lowest BCUT2D eigenvalue weighted by atomic mass is 9.81. The SMILES string of the molecule is CCCS(=O)(=O)c1cccc(Nc2nc(N)c(C(F)(F)F)c(C3CCC3)n2)c1. The molecule has 1 fully saturated rings. The highest BCUT2D eigenvalue weighted by Crippen LogP contribution is 2.44. The van der Waals surface area contributed by atoms with Gasteiger partial charge in [0.25, 0.3) is 0 Å². The van der Waals surface area contributed by atoms with Gasteiger partial charge in [-0.1, -0.05) is 19.4 Å². The van der Waals surface area contributed by atoms with Crippen molar-refractivity contribution >= 4 is 27.3 Å². The van der Waals surface area contributed by atoms with Crippen molar-refractivity contribution in [3.63, 3.8) is 0 Å². The Balaban J connectivity index is 1.96. The lowest BCUT2D eigenvalue weighted by Gasteiger charge is -2.28. The lowest BCUT2D eigenvalue weighted by Crippen LogP contribution is -2.22. The van der Waals surface area contributed by atoms with Crippen LogP contribution in [0.1, 0.15) is 49.8 Å². The third-order valence-corrected chi connectivity index (χ3v) is 6.58. The second-order valence-electron chi connectivity index (χ2n) is 6.79. The fourth-order valence-electron chi connectivity index (χ4n) is 3.10. The summed E-state index contributed by atoms with van der Waals surface area (Å²) in [7, 11) is -3.43. The molecule has 28 heavy (non-hydrogen) atoms. The number of rotatable bonds is 6. The van der Waals surface area contributed by atoms with Crippen LogP contribution in [0, 0.1) is 0 Å². The monoisotopic (exact) mass is 414 g/mol. The van der Waals surface area contributed by atoms with E-state index in [9.17, 15) is 21.6 Å². The predicted octanol–water partition coefficient (Wildman–Crippen LogP) is 4.27. The molecule has 0 amide bonds. The molecule has 0 bridgehead atoms. The number of nitrogens with one attached hydrogen (secondary N) is 1. The van der Waals surface area contributed by atoms with Gasteiger partial charge in [0.2, 0.25) is 5.95 Å². The zero-order valence-electron chi connectivity index (χ0n) is 15.3. The molecule has 10 heteroatoms. The van der Waals surface area contributed by atoms with E-state index in [1.54, 1.807) is 19.1 Å². The maximum absolute atomic E-state index is 13.4. The van der Waals surface area contributed by atoms with Crippen molar-refractivity contribution in [2.45, 2.75) is 49.6 Å². The first-order valence-corrected chi connectivity index (χ1v) is 10.6. The summed E-state index contributed by atoms with van der Waals surface area (Å²) in [4.78, 5) is 7.95. The molecule has 1 heterocycles. The van der Waals surface area contributed by atoms with E-state index >= 15 is 0 Å². The molecular formula is C18H21F3N4O2S. The van der Waals surface area contributed by atoms with Crippen molar-refractivity contribution in [3.8, 4) is 0 Å². The van der Waals surface area contributed by atoms with Crippen molar-refractivity contribution in [2.75, 3.05) is 16.8 Å². The van der Waals surface area contributed by atoms with Crippen molar-refractivity contribution in [3.05, 3.63) is 35.5 Å². The number of nitrogens with two attached hydrogens (primary N) is 1. The smallest absolute Gasteiger partial charge is 0.383 e. The van der Waals surface area contributed by atoms with Gasteiger partial charge in [0, 0.05) is 11.6 Å². The molecule has 0 aliphatic heterocycles. The highest BCUT2D eigenvalue weighted by Gasteiger charge is 2.41. The first kappa shape index (κ1) is 20.4. The number of halogens is 3. The maximum atomic E-state index is 13.4. The van der Waals surface area contributed by atoms with Crippen LogP contribution in [0.4, 0.5) is 30.6 Å². The normalized spacial score (nSPS) is 15.3. The molecule has 2 aromatic rings. The van der Waals surface area contributed by atoms with Gasteiger partial charge in [0.05, 0.1) is 16.3 Å². The number of hydrogen-bond acceptors (Lipinski definition) is 6. The quantitative estimate of drug-likeness (QED) is 0.732. The summed E-state index contributed by atoms with van der Waals surface area (Å²) in [6, 6.07) is 6.01. The van der Waals surface area contributed by atoms with Crippen LogP contribution in [-0.4, -0.2) is 24.1 Å². The minimum absolute atomic E-state index is 0.00596. The Morgan fingerprint density at radius 2 is 1.96 bits per heavy atom. The Labute approximate surface area is 161 Å². The standard InChI is InChI=1S/C18H21F3N4O2S/c1-2-9-28(26,27)13-8-4-7-12(10-13)23-17-24-15(11-5-3-6-11)14(16(22)25-17)18(19,20)21/h4,7-8,10-11H,2-3,5-6,9H2,1H3,(H3,22,23,24,25). The Morgan fingerprint density at radius 3 is 2.54 bits per heavy atom. The average Bonchev–Trinajstić information content (AvgIpc) is 2.51. The van der Waals surface area contributed by atoms with Gasteiger partial charge in [0.15, 0.2) is 9.84 Å². The van der Waals surface area contributed by atoms with E-state index in [1.165, 1.54) is 12.1 Å². The Kier molecular flexibility index (Phi) is 5.51. The summed E-state index contributed by atoms with van der Waals surface area (Å²) in [6.07, 6.45) is -2.09. The van der Waals surface area contributed by atoms with Crippen molar-refractivity contribution in [1.82, 2.24) is 9.97 Å². The van der Waals surface area contributed by atoms with Crippen molar-refractivity contribution in [1.29, 1.82) is 0 Å². The number of nitrogen functional groups attached to an aromatic ring is 1. The van der Waals surface area contributed by atoms with E-state index in [0.29, 0.717) is 24.9 Å². The summed E-state index contributed by atoms with van der Waals surface area (Å²) < 4.78 is 64.7. The molecule has 3 N–H and O–H groups in total. The zero-order chi connectivity index (χ0) is 20.5. The topological polar surface area (TPSA) is 98.0 Å². The molecule has 3 rings (SSSR count). The Hall–Kier alpha value is -2.36. The number of alkyl halides is 3. The van der Waals surface area contributed by atoms with Gasteiger partial charge in [-0.3, -0.25) is 0 Å². The molecule has 0 unspecified atom stereocenters. The molecule has 1 aliphatic carbocycles. The highest BCUT2D eigenvalue weighted by molar-refractivity contribution is 7.91. The van der Waals surface area contributed by atoms with Crippen LogP contribution < -0.4 is 11.1 Å². The summed E-state index contributed by atoms with van der Waals surface area (Å²) in [5.41, 5.74) is 4.88. The van der Waals surface area contributed by atoms with E-state index in [4.69, 9.17) is 5.73 Å². The highest BCUT2D eigenvalue weighted by atomic mass is 32.2. The molecule has 1 saturated carbocycles. The third-order valence-electron chi connectivity index (χ3n) is 4.66. The van der Waals surface area contributed by atoms with Gasteiger partial charge in [-0.25, -0.2) is 13.4 Å².